The normalized spacial score (nSPS) is 12.4. The molecule has 106 valence electrons. The van der Waals surface area contributed by atoms with Gasteiger partial charge in [-0.2, -0.15) is 0 Å². The molecule has 0 radical (unpaired) electrons. The van der Waals surface area contributed by atoms with Crippen molar-refractivity contribution in [3.8, 4) is 0 Å². The molecule has 2 rings (SSSR count). The standard InChI is InChI=1S/C17H20BrNO/c1-12-9-14(7-8-17(12)18)13(2)19-10-15-5-3-4-6-16(15)11-20/h3-9,13,19-20H,10-11H2,1-2H3. The Balaban J connectivity index is 2.04. The highest BCUT2D eigenvalue weighted by molar-refractivity contribution is 9.10. The molecule has 3 heteroatoms. The maximum Gasteiger partial charge on any atom is 0.0685 e. The van der Waals surface area contributed by atoms with Crippen molar-refractivity contribution in [3.05, 3.63) is 69.2 Å². The van der Waals surface area contributed by atoms with Gasteiger partial charge in [0.1, 0.15) is 0 Å². The van der Waals surface area contributed by atoms with Gasteiger partial charge in [0.2, 0.25) is 0 Å². The first kappa shape index (κ1) is 15.2. The van der Waals surface area contributed by atoms with Crippen molar-refractivity contribution in [3.63, 3.8) is 0 Å². The summed E-state index contributed by atoms with van der Waals surface area (Å²) in [5, 5.41) is 12.8. The monoisotopic (exact) mass is 333 g/mol. The second-order valence-corrected chi connectivity index (χ2v) is 5.89. The van der Waals surface area contributed by atoms with Crippen molar-refractivity contribution in [2.24, 2.45) is 0 Å². The fourth-order valence-corrected chi connectivity index (χ4v) is 2.45. The minimum atomic E-state index is 0.0869. The summed E-state index contributed by atoms with van der Waals surface area (Å²) in [5.74, 6) is 0. The average molecular weight is 334 g/mol. The van der Waals surface area contributed by atoms with Crippen LogP contribution in [-0.4, -0.2) is 5.11 Å². The highest BCUT2D eigenvalue weighted by Crippen LogP contribution is 2.21. The van der Waals surface area contributed by atoms with Gasteiger partial charge in [-0.05, 0) is 42.2 Å². The molecule has 2 aromatic rings. The van der Waals surface area contributed by atoms with Gasteiger partial charge in [0.25, 0.3) is 0 Å². The van der Waals surface area contributed by atoms with Crippen LogP contribution in [0.5, 0.6) is 0 Å². The molecule has 0 heterocycles. The molecule has 0 saturated heterocycles. The van der Waals surface area contributed by atoms with Gasteiger partial charge in [-0.3, -0.25) is 0 Å². The smallest absolute Gasteiger partial charge is 0.0685 e. The molecule has 0 spiro atoms. The van der Waals surface area contributed by atoms with E-state index in [0.717, 1.165) is 22.1 Å². The van der Waals surface area contributed by atoms with Gasteiger partial charge in [0.15, 0.2) is 0 Å². The van der Waals surface area contributed by atoms with E-state index in [2.05, 4.69) is 59.4 Å². The first-order valence-electron chi connectivity index (χ1n) is 6.79. The quantitative estimate of drug-likeness (QED) is 0.863. The molecule has 0 amide bonds. The summed E-state index contributed by atoms with van der Waals surface area (Å²) in [4.78, 5) is 0. The summed E-state index contributed by atoms with van der Waals surface area (Å²) < 4.78 is 1.14. The molecule has 1 atom stereocenters. The van der Waals surface area contributed by atoms with E-state index in [9.17, 15) is 5.11 Å². The lowest BCUT2D eigenvalue weighted by molar-refractivity contribution is 0.280. The zero-order valence-electron chi connectivity index (χ0n) is 11.9. The molecule has 2 aromatic carbocycles. The average Bonchev–Trinajstić information content (AvgIpc) is 2.47. The predicted octanol–water partition coefficient (Wildman–Crippen LogP) is 4.10. The summed E-state index contributed by atoms with van der Waals surface area (Å²) >= 11 is 3.52. The Morgan fingerprint density at radius 1 is 1.15 bits per heavy atom. The van der Waals surface area contributed by atoms with Crippen molar-refractivity contribution in [2.75, 3.05) is 0 Å². The van der Waals surface area contributed by atoms with Crippen LogP contribution in [-0.2, 0) is 13.2 Å². The second kappa shape index (κ2) is 7.02. The van der Waals surface area contributed by atoms with E-state index in [0.29, 0.717) is 0 Å². The Hall–Kier alpha value is -1.16. The third-order valence-corrected chi connectivity index (χ3v) is 4.46. The van der Waals surface area contributed by atoms with Gasteiger partial charge >= 0.3 is 0 Å². The van der Waals surface area contributed by atoms with Crippen LogP contribution in [0.15, 0.2) is 46.9 Å². The van der Waals surface area contributed by atoms with Crippen molar-refractivity contribution in [1.82, 2.24) is 5.32 Å². The second-order valence-electron chi connectivity index (χ2n) is 5.04. The third-order valence-electron chi connectivity index (χ3n) is 3.57. The van der Waals surface area contributed by atoms with Gasteiger partial charge in [-0.1, -0.05) is 52.3 Å². The van der Waals surface area contributed by atoms with Crippen molar-refractivity contribution < 1.29 is 5.11 Å². The topological polar surface area (TPSA) is 32.3 Å². The summed E-state index contributed by atoms with van der Waals surface area (Å²) in [6, 6.07) is 14.7. The summed E-state index contributed by atoms with van der Waals surface area (Å²) in [6.45, 7) is 5.10. The van der Waals surface area contributed by atoms with Crippen molar-refractivity contribution in [2.45, 2.75) is 33.0 Å². The first-order chi connectivity index (χ1) is 9.61. The number of hydrogen-bond acceptors (Lipinski definition) is 2. The molecule has 0 aliphatic rings. The maximum absolute atomic E-state index is 9.33. The minimum Gasteiger partial charge on any atom is -0.392 e. The Morgan fingerprint density at radius 2 is 1.85 bits per heavy atom. The molecule has 0 aliphatic heterocycles. The molecule has 20 heavy (non-hydrogen) atoms. The van der Waals surface area contributed by atoms with Crippen LogP contribution in [0.1, 0.15) is 35.2 Å². The molecule has 0 saturated carbocycles. The Bertz CT molecular complexity index is 583. The van der Waals surface area contributed by atoms with E-state index in [1.807, 2.05) is 18.2 Å². The minimum absolute atomic E-state index is 0.0869. The Labute approximate surface area is 129 Å². The molecule has 2 nitrogen and oxygen atoms in total. The number of halogens is 1. The van der Waals surface area contributed by atoms with E-state index >= 15 is 0 Å². The molecule has 2 N–H and O–H groups in total. The molecule has 0 aliphatic carbocycles. The lowest BCUT2D eigenvalue weighted by atomic mass is 10.0. The van der Waals surface area contributed by atoms with E-state index in [4.69, 9.17) is 0 Å². The van der Waals surface area contributed by atoms with Crippen molar-refractivity contribution >= 4 is 15.9 Å². The molecular weight excluding hydrogens is 314 g/mol. The van der Waals surface area contributed by atoms with Gasteiger partial charge in [0, 0.05) is 17.1 Å². The lowest BCUT2D eigenvalue weighted by Crippen LogP contribution is -2.19. The molecule has 0 aromatic heterocycles. The number of aryl methyl sites for hydroxylation is 1. The fourth-order valence-electron chi connectivity index (χ4n) is 2.20. The van der Waals surface area contributed by atoms with Gasteiger partial charge in [0.05, 0.1) is 6.61 Å². The molecule has 0 bridgehead atoms. The number of nitrogens with one attached hydrogen (secondary N) is 1. The largest absolute Gasteiger partial charge is 0.392 e. The van der Waals surface area contributed by atoms with E-state index in [1.54, 1.807) is 0 Å². The van der Waals surface area contributed by atoms with Crippen LogP contribution in [0.4, 0.5) is 0 Å². The van der Waals surface area contributed by atoms with Gasteiger partial charge in [-0.25, -0.2) is 0 Å². The van der Waals surface area contributed by atoms with Crippen molar-refractivity contribution in [1.29, 1.82) is 0 Å². The summed E-state index contributed by atoms with van der Waals surface area (Å²) in [5.41, 5.74) is 4.65. The zero-order chi connectivity index (χ0) is 14.5. The number of aliphatic hydroxyl groups excluding tert-OH is 1. The van der Waals surface area contributed by atoms with Crippen LogP contribution in [0.3, 0.4) is 0 Å². The zero-order valence-corrected chi connectivity index (χ0v) is 13.4. The lowest BCUT2D eigenvalue weighted by Gasteiger charge is -2.16. The Kier molecular flexibility index (Phi) is 5.35. The van der Waals surface area contributed by atoms with Crippen LogP contribution in [0, 0.1) is 6.92 Å². The number of rotatable bonds is 5. The van der Waals surface area contributed by atoms with Gasteiger partial charge in [-0.15, -0.1) is 0 Å². The van der Waals surface area contributed by atoms with E-state index in [-0.39, 0.29) is 12.6 Å². The highest BCUT2D eigenvalue weighted by Gasteiger charge is 2.07. The third kappa shape index (κ3) is 3.69. The van der Waals surface area contributed by atoms with Gasteiger partial charge < -0.3 is 10.4 Å². The fraction of sp³-hybridized carbons (Fsp3) is 0.294. The predicted molar refractivity (Wildman–Crippen MR) is 86.5 cm³/mol. The number of hydrogen-bond donors (Lipinski definition) is 2. The van der Waals surface area contributed by atoms with Crippen LogP contribution in [0.25, 0.3) is 0 Å². The SMILES string of the molecule is Cc1cc(C(C)NCc2ccccc2CO)ccc1Br. The van der Waals surface area contributed by atoms with Crippen LogP contribution < -0.4 is 5.32 Å². The van der Waals surface area contributed by atoms with E-state index in [1.165, 1.54) is 11.1 Å². The Morgan fingerprint density at radius 3 is 2.50 bits per heavy atom. The first-order valence-corrected chi connectivity index (χ1v) is 7.58. The molecule has 0 fully saturated rings. The number of benzene rings is 2. The van der Waals surface area contributed by atoms with E-state index < -0.39 is 0 Å². The van der Waals surface area contributed by atoms with Crippen LogP contribution >= 0.6 is 15.9 Å². The molecule has 1 unspecified atom stereocenters. The summed E-state index contributed by atoms with van der Waals surface area (Å²) in [6.07, 6.45) is 0. The number of aliphatic hydroxyl groups is 1. The highest BCUT2D eigenvalue weighted by atomic mass is 79.9. The van der Waals surface area contributed by atoms with Crippen LogP contribution in [0.2, 0.25) is 0 Å². The molecular formula is C17H20BrNO. The summed E-state index contributed by atoms with van der Waals surface area (Å²) in [7, 11) is 0. The maximum atomic E-state index is 9.33.